The van der Waals surface area contributed by atoms with Gasteiger partial charge in [0.1, 0.15) is 4.90 Å². The number of benzene rings is 1. The van der Waals surface area contributed by atoms with Crippen LogP contribution < -0.4 is 4.31 Å². The number of sulfonamides is 1. The van der Waals surface area contributed by atoms with Crippen LogP contribution in [0.4, 0.5) is 5.69 Å². The molecule has 0 saturated heterocycles. The Balaban J connectivity index is 2.60. The van der Waals surface area contributed by atoms with E-state index in [2.05, 4.69) is 5.10 Å². The SMILES string of the molecule is CCN(c1cccc(C)c1)S(=O)(=O)c1c(C)nn(C)c1C. The van der Waals surface area contributed by atoms with Crippen molar-refractivity contribution < 1.29 is 8.42 Å². The summed E-state index contributed by atoms with van der Waals surface area (Å²) in [5, 5.41) is 4.22. The van der Waals surface area contributed by atoms with Gasteiger partial charge < -0.3 is 0 Å². The van der Waals surface area contributed by atoms with Gasteiger partial charge >= 0.3 is 0 Å². The fourth-order valence-electron chi connectivity index (χ4n) is 2.51. The fraction of sp³-hybridized carbons (Fsp3) is 0.400. The summed E-state index contributed by atoms with van der Waals surface area (Å²) in [6.45, 7) is 7.66. The molecule has 0 bridgehead atoms. The van der Waals surface area contributed by atoms with Crippen molar-refractivity contribution in [2.75, 3.05) is 10.8 Å². The zero-order chi connectivity index (χ0) is 15.8. The molecule has 1 aromatic heterocycles. The number of aromatic nitrogens is 2. The Hall–Kier alpha value is -1.82. The Bertz CT molecular complexity index is 763. The van der Waals surface area contributed by atoms with Crippen LogP contribution in [0.2, 0.25) is 0 Å². The molecule has 114 valence electrons. The van der Waals surface area contributed by atoms with Crippen LogP contribution in [0.25, 0.3) is 0 Å². The lowest BCUT2D eigenvalue weighted by atomic mass is 10.2. The highest BCUT2D eigenvalue weighted by molar-refractivity contribution is 7.93. The van der Waals surface area contributed by atoms with E-state index in [4.69, 9.17) is 0 Å². The quantitative estimate of drug-likeness (QED) is 0.872. The molecule has 0 radical (unpaired) electrons. The minimum atomic E-state index is -3.61. The predicted octanol–water partition coefficient (Wildman–Crippen LogP) is 2.56. The van der Waals surface area contributed by atoms with E-state index < -0.39 is 10.0 Å². The Morgan fingerprint density at radius 2 is 1.90 bits per heavy atom. The number of rotatable bonds is 4. The first-order valence-corrected chi connectivity index (χ1v) is 8.32. The summed E-state index contributed by atoms with van der Waals surface area (Å²) in [4.78, 5) is 0.299. The molecule has 0 unspecified atom stereocenters. The highest BCUT2D eigenvalue weighted by Gasteiger charge is 2.29. The molecule has 0 N–H and O–H groups in total. The van der Waals surface area contributed by atoms with Crippen molar-refractivity contribution in [3.05, 3.63) is 41.2 Å². The maximum Gasteiger partial charge on any atom is 0.267 e. The van der Waals surface area contributed by atoms with Crippen LogP contribution in [-0.4, -0.2) is 24.7 Å². The van der Waals surface area contributed by atoms with Gasteiger partial charge in [0.25, 0.3) is 10.0 Å². The Kier molecular flexibility index (Phi) is 4.09. The summed E-state index contributed by atoms with van der Waals surface area (Å²) >= 11 is 0. The molecule has 0 aliphatic rings. The van der Waals surface area contributed by atoms with Crippen LogP contribution >= 0.6 is 0 Å². The van der Waals surface area contributed by atoms with Gasteiger partial charge in [-0.2, -0.15) is 5.10 Å². The molecule has 2 rings (SSSR count). The van der Waals surface area contributed by atoms with E-state index >= 15 is 0 Å². The van der Waals surface area contributed by atoms with E-state index in [0.717, 1.165) is 5.56 Å². The smallest absolute Gasteiger partial charge is 0.267 e. The molecule has 0 saturated carbocycles. The summed E-state index contributed by atoms with van der Waals surface area (Å²) < 4.78 is 29.0. The van der Waals surface area contributed by atoms with Crippen LogP contribution in [0.5, 0.6) is 0 Å². The van der Waals surface area contributed by atoms with Gasteiger partial charge in [-0.3, -0.25) is 8.99 Å². The zero-order valence-corrected chi connectivity index (χ0v) is 13.9. The van der Waals surface area contributed by atoms with Crippen molar-refractivity contribution in [2.24, 2.45) is 7.05 Å². The van der Waals surface area contributed by atoms with Crippen molar-refractivity contribution >= 4 is 15.7 Å². The largest absolute Gasteiger partial charge is 0.271 e. The molecule has 1 aromatic carbocycles. The lowest BCUT2D eigenvalue weighted by Gasteiger charge is -2.23. The van der Waals surface area contributed by atoms with Crippen molar-refractivity contribution in [3.63, 3.8) is 0 Å². The number of hydrogen-bond donors (Lipinski definition) is 0. The minimum absolute atomic E-state index is 0.299. The third-order valence-electron chi connectivity index (χ3n) is 3.57. The van der Waals surface area contributed by atoms with Crippen LogP contribution in [0.1, 0.15) is 23.9 Å². The molecule has 0 aliphatic heterocycles. The lowest BCUT2D eigenvalue weighted by Crippen LogP contribution is -2.31. The first kappa shape index (κ1) is 15.6. The number of aryl methyl sites for hydroxylation is 3. The number of hydrogen-bond acceptors (Lipinski definition) is 3. The van der Waals surface area contributed by atoms with Gasteiger partial charge in [0.15, 0.2) is 0 Å². The molecule has 0 atom stereocenters. The maximum atomic E-state index is 13.0. The molecular weight excluding hydrogens is 286 g/mol. The topological polar surface area (TPSA) is 55.2 Å². The Labute approximate surface area is 126 Å². The second-order valence-corrected chi connectivity index (χ2v) is 6.93. The molecular formula is C15H21N3O2S. The molecule has 2 aromatic rings. The number of anilines is 1. The molecule has 0 aliphatic carbocycles. The molecule has 0 amide bonds. The first-order valence-electron chi connectivity index (χ1n) is 6.88. The van der Waals surface area contributed by atoms with Gasteiger partial charge in [-0.1, -0.05) is 12.1 Å². The number of nitrogens with zero attached hydrogens (tertiary/aromatic N) is 3. The zero-order valence-electron chi connectivity index (χ0n) is 13.1. The average Bonchev–Trinajstić information content (AvgIpc) is 2.64. The molecule has 5 nitrogen and oxygen atoms in total. The van der Waals surface area contributed by atoms with E-state index in [1.807, 2.05) is 38.1 Å². The van der Waals surface area contributed by atoms with Crippen molar-refractivity contribution in [2.45, 2.75) is 32.6 Å². The third-order valence-corrected chi connectivity index (χ3v) is 5.72. The van der Waals surface area contributed by atoms with Gasteiger partial charge in [-0.25, -0.2) is 8.42 Å². The highest BCUT2D eigenvalue weighted by Crippen LogP contribution is 2.27. The van der Waals surface area contributed by atoms with E-state index in [1.165, 1.54) is 4.31 Å². The molecule has 6 heteroatoms. The second-order valence-electron chi connectivity index (χ2n) is 5.13. The van der Waals surface area contributed by atoms with E-state index in [-0.39, 0.29) is 0 Å². The van der Waals surface area contributed by atoms with Crippen molar-refractivity contribution in [1.82, 2.24) is 9.78 Å². The van der Waals surface area contributed by atoms with Crippen molar-refractivity contribution in [3.8, 4) is 0 Å². The van der Waals surface area contributed by atoms with Gasteiger partial charge in [-0.05, 0) is 45.4 Å². The lowest BCUT2D eigenvalue weighted by molar-refractivity contribution is 0.590. The van der Waals surface area contributed by atoms with Gasteiger partial charge in [0, 0.05) is 13.6 Å². The summed E-state index contributed by atoms with van der Waals surface area (Å²) in [5.74, 6) is 0. The second kappa shape index (κ2) is 5.52. The summed E-state index contributed by atoms with van der Waals surface area (Å²) in [5.41, 5.74) is 2.89. The molecule has 21 heavy (non-hydrogen) atoms. The van der Waals surface area contributed by atoms with E-state index in [1.54, 1.807) is 25.6 Å². The highest BCUT2D eigenvalue weighted by atomic mass is 32.2. The Morgan fingerprint density at radius 3 is 2.38 bits per heavy atom. The summed E-state index contributed by atoms with van der Waals surface area (Å²) in [6.07, 6.45) is 0. The molecule has 0 spiro atoms. The monoisotopic (exact) mass is 307 g/mol. The third kappa shape index (κ3) is 2.68. The Morgan fingerprint density at radius 1 is 1.24 bits per heavy atom. The van der Waals surface area contributed by atoms with Gasteiger partial charge in [0.2, 0.25) is 0 Å². The summed E-state index contributed by atoms with van der Waals surface area (Å²) in [6, 6.07) is 7.51. The van der Waals surface area contributed by atoms with E-state index in [0.29, 0.717) is 28.5 Å². The predicted molar refractivity (Wildman–Crippen MR) is 84.1 cm³/mol. The van der Waals surface area contributed by atoms with Crippen LogP contribution in [0, 0.1) is 20.8 Å². The van der Waals surface area contributed by atoms with Crippen molar-refractivity contribution in [1.29, 1.82) is 0 Å². The van der Waals surface area contributed by atoms with Crippen LogP contribution in [-0.2, 0) is 17.1 Å². The van der Waals surface area contributed by atoms with E-state index in [9.17, 15) is 8.42 Å². The standard InChI is InChI=1S/C15H21N3O2S/c1-6-18(14-9-7-8-11(2)10-14)21(19,20)15-12(3)16-17(5)13(15)4/h7-10H,6H2,1-5H3. The molecule has 0 fully saturated rings. The van der Waals surface area contributed by atoms with Gasteiger partial charge in [0.05, 0.1) is 17.1 Å². The summed E-state index contributed by atoms with van der Waals surface area (Å²) in [7, 11) is -1.86. The average molecular weight is 307 g/mol. The van der Waals surface area contributed by atoms with Crippen LogP contribution in [0.3, 0.4) is 0 Å². The van der Waals surface area contributed by atoms with Crippen LogP contribution in [0.15, 0.2) is 29.2 Å². The first-order chi connectivity index (χ1) is 9.78. The normalized spacial score (nSPS) is 11.7. The fourth-order valence-corrected chi connectivity index (χ4v) is 4.38. The molecule has 1 heterocycles. The van der Waals surface area contributed by atoms with Gasteiger partial charge in [-0.15, -0.1) is 0 Å². The minimum Gasteiger partial charge on any atom is -0.271 e. The maximum absolute atomic E-state index is 13.0.